The SMILES string of the molecule is OCC(CO)NCC(O)COc1ccc(Cl)c(Cl)c1. The van der Waals surface area contributed by atoms with E-state index in [1.165, 1.54) is 0 Å². The maximum Gasteiger partial charge on any atom is 0.121 e. The van der Waals surface area contributed by atoms with E-state index in [0.717, 1.165) is 0 Å². The van der Waals surface area contributed by atoms with Crippen molar-refractivity contribution in [2.45, 2.75) is 12.1 Å². The summed E-state index contributed by atoms with van der Waals surface area (Å²) in [5.74, 6) is 0.509. The number of hydrogen-bond donors (Lipinski definition) is 4. The Bertz CT molecular complexity index is 388. The molecular formula is C12H17Cl2NO4. The highest BCUT2D eigenvalue weighted by atomic mass is 35.5. The predicted octanol–water partition coefficient (Wildman–Crippen LogP) is 0.676. The highest BCUT2D eigenvalue weighted by Gasteiger charge is 2.10. The van der Waals surface area contributed by atoms with E-state index in [0.29, 0.717) is 15.8 Å². The van der Waals surface area contributed by atoms with Gasteiger partial charge in [0.2, 0.25) is 0 Å². The second-order valence-corrected chi connectivity index (χ2v) is 4.83. The molecule has 4 N–H and O–H groups in total. The highest BCUT2D eigenvalue weighted by molar-refractivity contribution is 6.42. The van der Waals surface area contributed by atoms with Gasteiger partial charge in [-0.3, -0.25) is 0 Å². The maximum atomic E-state index is 9.66. The molecule has 5 nitrogen and oxygen atoms in total. The van der Waals surface area contributed by atoms with Crippen molar-refractivity contribution in [2.24, 2.45) is 0 Å². The normalized spacial score (nSPS) is 12.7. The fourth-order valence-electron chi connectivity index (χ4n) is 1.31. The Hall–Kier alpha value is -0.560. The van der Waals surface area contributed by atoms with Crippen LogP contribution in [0.2, 0.25) is 10.0 Å². The lowest BCUT2D eigenvalue weighted by atomic mass is 10.3. The van der Waals surface area contributed by atoms with Crippen LogP contribution in [0, 0.1) is 0 Å². The van der Waals surface area contributed by atoms with Gasteiger partial charge < -0.3 is 25.4 Å². The quantitative estimate of drug-likeness (QED) is 0.567. The summed E-state index contributed by atoms with van der Waals surface area (Å²) in [6, 6.07) is 4.38. The van der Waals surface area contributed by atoms with Crippen molar-refractivity contribution in [1.82, 2.24) is 5.32 Å². The van der Waals surface area contributed by atoms with Crippen LogP contribution in [0.15, 0.2) is 18.2 Å². The zero-order chi connectivity index (χ0) is 14.3. The summed E-state index contributed by atoms with van der Waals surface area (Å²) in [7, 11) is 0. The van der Waals surface area contributed by atoms with Gasteiger partial charge in [-0.25, -0.2) is 0 Å². The first kappa shape index (κ1) is 16.5. The number of benzene rings is 1. The van der Waals surface area contributed by atoms with E-state index >= 15 is 0 Å². The van der Waals surface area contributed by atoms with Gasteiger partial charge in [0, 0.05) is 12.6 Å². The Labute approximate surface area is 121 Å². The Kier molecular flexibility index (Phi) is 7.45. The molecular weight excluding hydrogens is 293 g/mol. The number of halogens is 2. The van der Waals surface area contributed by atoms with Crippen LogP contribution in [-0.4, -0.2) is 53.8 Å². The van der Waals surface area contributed by atoms with Gasteiger partial charge >= 0.3 is 0 Å². The van der Waals surface area contributed by atoms with E-state index in [1.807, 2.05) is 0 Å². The van der Waals surface area contributed by atoms with Gasteiger partial charge in [-0.15, -0.1) is 0 Å². The summed E-state index contributed by atoms with van der Waals surface area (Å²) in [5.41, 5.74) is 0. The Morgan fingerprint density at radius 2 is 1.84 bits per heavy atom. The van der Waals surface area contributed by atoms with Gasteiger partial charge in [-0.05, 0) is 12.1 Å². The third-order valence-electron chi connectivity index (χ3n) is 2.42. The van der Waals surface area contributed by atoms with Crippen molar-refractivity contribution in [1.29, 1.82) is 0 Å². The van der Waals surface area contributed by atoms with E-state index < -0.39 is 12.1 Å². The molecule has 19 heavy (non-hydrogen) atoms. The zero-order valence-corrected chi connectivity index (χ0v) is 11.7. The van der Waals surface area contributed by atoms with E-state index in [4.69, 9.17) is 38.2 Å². The van der Waals surface area contributed by atoms with Gasteiger partial charge in [0.05, 0.1) is 29.3 Å². The average molecular weight is 310 g/mol. The highest BCUT2D eigenvalue weighted by Crippen LogP contribution is 2.26. The van der Waals surface area contributed by atoms with Gasteiger partial charge in [-0.1, -0.05) is 23.2 Å². The molecule has 0 heterocycles. The number of hydrogen-bond acceptors (Lipinski definition) is 5. The molecule has 0 saturated heterocycles. The monoisotopic (exact) mass is 309 g/mol. The molecule has 1 aromatic rings. The van der Waals surface area contributed by atoms with Crippen LogP contribution in [0.5, 0.6) is 5.75 Å². The molecule has 7 heteroatoms. The number of rotatable bonds is 8. The molecule has 1 aromatic carbocycles. The third-order valence-corrected chi connectivity index (χ3v) is 3.16. The standard InChI is InChI=1S/C12H17Cl2NO4/c13-11-2-1-10(3-12(11)14)19-7-9(18)4-15-8(5-16)6-17/h1-3,8-9,15-18H,4-7H2. The molecule has 0 aliphatic carbocycles. The molecule has 0 radical (unpaired) electrons. The number of aliphatic hydroxyl groups excluding tert-OH is 3. The molecule has 0 spiro atoms. The van der Waals surface area contributed by atoms with Crippen LogP contribution in [0.3, 0.4) is 0 Å². The molecule has 0 aromatic heterocycles. The van der Waals surface area contributed by atoms with Crippen molar-refractivity contribution in [3.05, 3.63) is 28.2 Å². The fraction of sp³-hybridized carbons (Fsp3) is 0.500. The lowest BCUT2D eigenvalue weighted by Crippen LogP contribution is -2.41. The average Bonchev–Trinajstić information content (AvgIpc) is 2.41. The first-order valence-electron chi connectivity index (χ1n) is 5.77. The van der Waals surface area contributed by atoms with Crippen LogP contribution in [-0.2, 0) is 0 Å². The lowest BCUT2D eigenvalue weighted by molar-refractivity contribution is 0.0929. The molecule has 0 aliphatic heterocycles. The van der Waals surface area contributed by atoms with Crippen LogP contribution in [0.4, 0.5) is 0 Å². The van der Waals surface area contributed by atoms with Crippen molar-refractivity contribution < 1.29 is 20.1 Å². The van der Waals surface area contributed by atoms with Crippen LogP contribution in [0.25, 0.3) is 0 Å². The van der Waals surface area contributed by atoms with Crippen molar-refractivity contribution in [3.63, 3.8) is 0 Å². The molecule has 0 amide bonds. The molecule has 1 unspecified atom stereocenters. The minimum absolute atomic E-state index is 0.0640. The third kappa shape index (κ3) is 5.95. The van der Waals surface area contributed by atoms with E-state index in [1.54, 1.807) is 18.2 Å². The first-order valence-corrected chi connectivity index (χ1v) is 6.53. The van der Waals surface area contributed by atoms with E-state index in [9.17, 15) is 5.11 Å². The van der Waals surface area contributed by atoms with E-state index in [2.05, 4.69) is 5.32 Å². The van der Waals surface area contributed by atoms with Gasteiger partial charge in [0.1, 0.15) is 18.5 Å². The summed E-state index contributed by atoms with van der Waals surface area (Å²) in [4.78, 5) is 0. The Morgan fingerprint density at radius 1 is 1.16 bits per heavy atom. The summed E-state index contributed by atoms with van der Waals surface area (Å²) in [6.07, 6.45) is -0.768. The lowest BCUT2D eigenvalue weighted by Gasteiger charge is -2.17. The first-order chi connectivity index (χ1) is 9.06. The molecule has 1 atom stereocenters. The molecule has 1 rings (SSSR count). The van der Waals surface area contributed by atoms with Crippen LogP contribution >= 0.6 is 23.2 Å². The van der Waals surface area contributed by atoms with Crippen molar-refractivity contribution >= 4 is 23.2 Å². The second-order valence-electron chi connectivity index (χ2n) is 4.01. The smallest absolute Gasteiger partial charge is 0.121 e. The van der Waals surface area contributed by atoms with Crippen molar-refractivity contribution in [2.75, 3.05) is 26.4 Å². The summed E-state index contributed by atoms with van der Waals surface area (Å²) in [5, 5.41) is 31.0. The fourth-order valence-corrected chi connectivity index (χ4v) is 1.60. The number of ether oxygens (including phenoxy) is 1. The molecule has 0 aliphatic rings. The van der Waals surface area contributed by atoms with Crippen LogP contribution in [0.1, 0.15) is 0 Å². The topological polar surface area (TPSA) is 82.0 Å². The molecule has 108 valence electrons. The maximum absolute atomic E-state index is 9.66. The minimum Gasteiger partial charge on any atom is -0.491 e. The van der Waals surface area contributed by atoms with Gasteiger partial charge in [0.15, 0.2) is 0 Å². The molecule has 0 bridgehead atoms. The second kappa shape index (κ2) is 8.58. The van der Waals surface area contributed by atoms with Gasteiger partial charge in [0.25, 0.3) is 0 Å². The predicted molar refractivity (Wildman–Crippen MR) is 73.9 cm³/mol. The summed E-state index contributed by atoms with van der Waals surface area (Å²) >= 11 is 11.6. The Balaban J connectivity index is 2.33. The van der Waals surface area contributed by atoms with Crippen LogP contribution < -0.4 is 10.1 Å². The number of nitrogens with one attached hydrogen (secondary N) is 1. The summed E-state index contributed by atoms with van der Waals surface area (Å²) in [6.45, 7) is -0.130. The van der Waals surface area contributed by atoms with Crippen molar-refractivity contribution in [3.8, 4) is 5.75 Å². The largest absolute Gasteiger partial charge is 0.491 e. The summed E-state index contributed by atoms with van der Waals surface area (Å²) < 4.78 is 5.35. The minimum atomic E-state index is -0.768. The van der Waals surface area contributed by atoms with E-state index in [-0.39, 0.29) is 26.4 Å². The van der Waals surface area contributed by atoms with Gasteiger partial charge in [-0.2, -0.15) is 0 Å². The molecule has 0 saturated carbocycles. The molecule has 0 fully saturated rings. The number of aliphatic hydroxyl groups is 3. The zero-order valence-electron chi connectivity index (χ0n) is 10.2. The Morgan fingerprint density at radius 3 is 2.42 bits per heavy atom.